The highest BCUT2D eigenvalue weighted by molar-refractivity contribution is 14.1. The number of hydrogen-bond donors (Lipinski definition) is 1. The van der Waals surface area contributed by atoms with Gasteiger partial charge in [0.2, 0.25) is 0 Å². The van der Waals surface area contributed by atoms with Crippen molar-refractivity contribution in [2.45, 2.75) is 0 Å². The van der Waals surface area contributed by atoms with Gasteiger partial charge >= 0.3 is 0 Å². The van der Waals surface area contributed by atoms with Crippen LogP contribution in [-0.4, -0.2) is 10.2 Å². The van der Waals surface area contributed by atoms with Gasteiger partial charge in [0.05, 0.1) is 6.20 Å². The van der Waals surface area contributed by atoms with E-state index in [1.165, 1.54) is 6.07 Å². The van der Waals surface area contributed by atoms with Crippen molar-refractivity contribution >= 4 is 33.5 Å². The van der Waals surface area contributed by atoms with Crippen molar-refractivity contribution in [3.63, 3.8) is 0 Å². The molecule has 0 fully saturated rings. The Kier molecular flexibility index (Phi) is 1.56. The summed E-state index contributed by atoms with van der Waals surface area (Å²) in [5.74, 6) is -0.252. The summed E-state index contributed by atoms with van der Waals surface area (Å²) < 4.78 is 13.9. The van der Waals surface area contributed by atoms with Crippen molar-refractivity contribution in [1.82, 2.24) is 10.2 Å². The fourth-order valence-electron chi connectivity index (χ4n) is 0.969. The summed E-state index contributed by atoms with van der Waals surface area (Å²) in [6.45, 7) is 0. The summed E-state index contributed by atoms with van der Waals surface area (Å²) in [6, 6.07) is 3.16. The maximum atomic E-state index is 12.9. The number of H-pyrrole nitrogens is 1. The van der Waals surface area contributed by atoms with Crippen LogP contribution < -0.4 is 0 Å². The summed E-state index contributed by atoms with van der Waals surface area (Å²) in [7, 11) is 0. The monoisotopic (exact) mass is 262 g/mol. The minimum absolute atomic E-state index is 0.252. The molecular formula is C7H4FIN2. The summed E-state index contributed by atoms with van der Waals surface area (Å²) >= 11 is 2.14. The number of halogens is 2. The van der Waals surface area contributed by atoms with Crippen LogP contribution in [0.5, 0.6) is 0 Å². The molecule has 0 radical (unpaired) electrons. The third-order valence-electron chi connectivity index (χ3n) is 1.51. The van der Waals surface area contributed by atoms with E-state index in [4.69, 9.17) is 0 Å². The topological polar surface area (TPSA) is 28.7 Å². The summed E-state index contributed by atoms with van der Waals surface area (Å²) in [5, 5.41) is 7.19. The Bertz CT molecular complexity index is 360. The Balaban J connectivity index is 2.96. The van der Waals surface area contributed by atoms with Gasteiger partial charge < -0.3 is 0 Å². The van der Waals surface area contributed by atoms with E-state index in [0.717, 1.165) is 8.96 Å². The summed E-state index contributed by atoms with van der Waals surface area (Å²) in [6.07, 6.45) is 1.63. The molecule has 11 heavy (non-hydrogen) atoms. The van der Waals surface area contributed by atoms with Gasteiger partial charge in [0, 0.05) is 8.96 Å². The molecule has 56 valence electrons. The van der Waals surface area contributed by atoms with E-state index in [-0.39, 0.29) is 5.82 Å². The highest BCUT2D eigenvalue weighted by Crippen LogP contribution is 2.20. The number of fused-ring (bicyclic) bond motifs is 1. The largest absolute Gasteiger partial charge is 0.275 e. The predicted octanol–water partition coefficient (Wildman–Crippen LogP) is 2.31. The highest BCUT2D eigenvalue weighted by Gasteiger charge is 2.04. The van der Waals surface area contributed by atoms with Gasteiger partial charge in [-0.15, -0.1) is 0 Å². The minimum atomic E-state index is -0.252. The zero-order valence-corrected chi connectivity index (χ0v) is 7.59. The molecule has 2 aromatic rings. The number of aromatic nitrogens is 2. The average molecular weight is 262 g/mol. The lowest BCUT2D eigenvalue weighted by molar-refractivity contribution is 0.636. The van der Waals surface area contributed by atoms with Crippen LogP contribution in [0, 0.1) is 9.39 Å². The lowest BCUT2D eigenvalue weighted by Crippen LogP contribution is -1.79. The van der Waals surface area contributed by atoms with E-state index in [1.807, 2.05) is 0 Å². The van der Waals surface area contributed by atoms with Crippen LogP contribution in [0.2, 0.25) is 0 Å². The molecule has 0 aliphatic heterocycles. The standard InChI is InChI=1S/C7H4FIN2/c8-5-1-2-6(9)4-3-10-11-7(4)5/h1-3H,(H,10,11). The number of nitrogens with one attached hydrogen (secondary N) is 1. The summed E-state index contributed by atoms with van der Waals surface area (Å²) in [4.78, 5) is 0. The Morgan fingerprint density at radius 3 is 3.00 bits per heavy atom. The van der Waals surface area contributed by atoms with E-state index < -0.39 is 0 Å². The zero-order valence-electron chi connectivity index (χ0n) is 5.44. The van der Waals surface area contributed by atoms with Crippen molar-refractivity contribution in [2.75, 3.05) is 0 Å². The average Bonchev–Trinajstić information content (AvgIpc) is 2.45. The van der Waals surface area contributed by atoms with Gasteiger partial charge in [-0.1, -0.05) is 0 Å². The first-order valence-corrected chi connectivity index (χ1v) is 4.14. The zero-order chi connectivity index (χ0) is 7.84. The van der Waals surface area contributed by atoms with Crippen LogP contribution in [0.1, 0.15) is 0 Å². The van der Waals surface area contributed by atoms with E-state index in [1.54, 1.807) is 12.3 Å². The van der Waals surface area contributed by atoms with Crippen molar-refractivity contribution in [1.29, 1.82) is 0 Å². The first kappa shape index (κ1) is 7.02. The Morgan fingerprint density at radius 1 is 1.45 bits per heavy atom. The molecule has 0 saturated carbocycles. The third-order valence-corrected chi connectivity index (χ3v) is 2.45. The third kappa shape index (κ3) is 1.01. The van der Waals surface area contributed by atoms with Gasteiger partial charge in [-0.25, -0.2) is 4.39 Å². The fraction of sp³-hybridized carbons (Fsp3) is 0. The first-order chi connectivity index (χ1) is 5.29. The molecule has 0 amide bonds. The molecule has 2 rings (SSSR count). The van der Waals surface area contributed by atoms with Gasteiger partial charge in [-0.2, -0.15) is 5.10 Å². The quantitative estimate of drug-likeness (QED) is 0.725. The molecule has 0 atom stereocenters. The molecule has 0 bridgehead atoms. The molecule has 4 heteroatoms. The molecule has 0 aliphatic rings. The van der Waals surface area contributed by atoms with Gasteiger partial charge in [0.1, 0.15) is 11.3 Å². The van der Waals surface area contributed by atoms with Gasteiger partial charge in [0.15, 0.2) is 0 Å². The van der Waals surface area contributed by atoms with Crippen LogP contribution >= 0.6 is 22.6 Å². The molecule has 0 aliphatic carbocycles. The molecule has 1 N–H and O–H groups in total. The highest BCUT2D eigenvalue weighted by atomic mass is 127. The van der Waals surface area contributed by atoms with E-state index >= 15 is 0 Å². The van der Waals surface area contributed by atoms with E-state index in [0.29, 0.717) is 5.52 Å². The molecule has 1 aromatic heterocycles. The molecule has 0 saturated heterocycles. The number of hydrogen-bond acceptors (Lipinski definition) is 1. The number of benzene rings is 1. The maximum Gasteiger partial charge on any atom is 0.148 e. The normalized spacial score (nSPS) is 10.7. The van der Waals surface area contributed by atoms with E-state index in [2.05, 4.69) is 32.8 Å². The number of nitrogens with zero attached hydrogens (tertiary/aromatic N) is 1. The molecule has 2 nitrogen and oxygen atoms in total. The molecule has 0 unspecified atom stereocenters. The van der Waals surface area contributed by atoms with Crippen molar-refractivity contribution < 1.29 is 4.39 Å². The Hall–Kier alpha value is -0.650. The van der Waals surface area contributed by atoms with Gasteiger partial charge in [-0.05, 0) is 34.7 Å². The second kappa shape index (κ2) is 2.44. The van der Waals surface area contributed by atoms with Crippen LogP contribution in [0.15, 0.2) is 18.3 Å². The van der Waals surface area contributed by atoms with Gasteiger partial charge in [-0.3, -0.25) is 5.10 Å². The maximum absolute atomic E-state index is 12.9. The lowest BCUT2D eigenvalue weighted by Gasteiger charge is -1.92. The lowest BCUT2D eigenvalue weighted by atomic mass is 10.2. The molecular weight excluding hydrogens is 258 g/mol. The number of rotatable bonds is 0. The smallest absolute Gasteiger partial charge is 0.148 e. The van der Waals surface area contributed by atoms with Gasteiger partial charge in [0.25, 0.3) is 0 Å². The van der Waals surface area contributed by atoms with Crippen LogP contribution in [0.25, 0.3) is 10.9 Å². The van der Waals surface area contributed by atoms with Crippen LogP contribution in [0.4, 0.5) is 4.39 Å². The minimum Gasteiger partial charge on any atom is -0.275 e. The molecule has 1 aromatic carbocycles. The van der Waals surface area contributed by atoms with Crippen LogP contribution in [0.3, 0.4) is 0 Å². The van der Waals surface area contributed by atoms with Crippen LogP contribution in [-0.2, 0) is 0 Å². The SMILES string of the molecule is Fc1ccc(I)c2cn[nH]c12. The number of aromatic amines is 1. The fourth-order valence-corrected chi connectivity index (χ4v) is 1.56. The van der Waals surface area contributed by atoms with Crippen molar-refractivity contribution in [3.05, 3.63) is 27.7 Å². The van der Waals surface area contributed by atoms with Crippen molar-refractivity contribution in [3.8, 4) is 0 Å². The second-order valence-corrected chi connectivity index (χ2v) is 3.35. The molecule has 1 heterocycles. The Labute approximate surface area is 75.9 Å². The van der Waals surface area contributed by atoms with Crippen molar-refractivity contribution in [2.24, 2.45) is 0 Å². The summed E-state index contributed by atoms with van der Waals surface area (Å²) in [5.41, 5.74) is 0.483. The first-order valence-electron chi connectivity index (χ1n) is 3.06. The Morgan fingerprint density at radius 2 is 2.27 bits per heavy atom. The van der Waals surface area contributed by atoms with E-state index in [9.17, 15) is 4.39 Å². The predicted molar refractivity (Wildman–Crippen MR) is 48.8 cm³/mol. The second-order valence-electron chi connectivity index (χ2n) is 2.19. The molecule has 0 spiro atoms.